The standard InChI is InChI=1S/C11H10F3N3O/c1-2-15-9(18)6-4-3-5-7-8(6)17-10(16-7)11(12,13)14/h3-5H,2H2,1H3,(H,15,18)(H,16,17). The molecule has 0 atom stereocenters. The van der Waals surface area contributed by atoms with Gasteiger partial charge in [-0.3, -0.25) is 4.79 Å². The summed E-state index contributed by atoms with van der Waals surface area (Å²) in [4.78, 5) is 17.3. The van der Waals surface area contributed by atoms with Gasteiger partial charge in [0.25, 0.3) is 5.91 Å². The van der Waals surface area contributed by atoms with Crippen molar-refractivity contribution < 1.29 is 18.0 Å². The van der Waals surface area contributed by atoms with Crippen molar-refractivity contribution in [3.05, 3.63) is 29.6 Å². The van der Waals surface area contributed by atoms with Crippen LogP contribution < -0.4 is 5.32 Å². The number of fused-ring (bicyclic) bond motifs is 1. The third kappa shape index (κ3) is 2.15. The molecule has 18 heavy (non-hydrogen) atoms. The molecule has 0 bridgehead atoms. The molecule has 1 heterocycles. The molecule has 2 rings (SSSR count). The number of halogens is 3. The molecule has 0 fully saturated rings. The van der Waals surface area contributed by atoms with E-state index >= 15 is 0 Å². The molecule has 0 radical (unpaired) electrons. The molecule has 96 valence electrons. The SMILES string of the molecule is CCNC(=O)c1cccc2[nH]c(C(F)(F)F)nc12. The number of hydrogen-bond acceptors (Lipinski definition) is 2. The van der Waals surface area contributed by atoms with Crippen molar-refractivity contribution >= 4 is 16.9 Å². The Kier molecular flexibility index (Phi) is 2.98. The monoisotopic (exact) mass is 257 g/mol. The molecule has 0 unspecified atom stereocenters. The van der Waals surface area contributed by atoms with Crippen LogP contribution in [0.3, 0.4) is 0 Å². The third-order valence-corrected chi connectivity index (χ3v) is 2.36. The van der Waals surface area contributed by atoms with E-state index in [9.17, 15) is 18.0 Å². The fraction of sp³-hybridized carbons (Fsp3) is 0.273. The maximum absolute atomic E-state index is 12.5. The normalized spacial score (nSPS) is 11.8. The van der Waals surface area contributed by atoms with Gasteiger partial charge in [-0.25, -0.2) is 4.98 Å². The van der Waals surface area contributed by atoms with E-state index in [1.54, 1.807) is 6.92 Å². The number of carbonyl (C=O) groups excluding carboxylic acids is 1. The zero-order valence-corrected chi connectivity index (χ0v) is 9.43. The minimum atomic E-state index is -4.56. The first kappa shape index (κ1) is 12.4. The van der Waals surface area contributed by atoms with Gasteiger partial charge in [0.05, 0.1) is 11.1 Å². The summed E-state index contributed by atoms with van der Waals surface area (Å²) >= 11 is 0. The molecule has 0 saturated carbocycles. The maximum Gasteiger partial charge on any atom is 0.449 e. The molecular formula is C11H10F3N3O. The van der Waals surface area contributed by atoms with Gasteiger partial charge in [0.1, 0.15) is 5.52 Å². The summed E-state index contributed by atoms with van der Waals surface area (Å²) in [6.07, 6.45) is -4.56. The topological polar surface area (TPSA) is 57.8 Å². The second kappa shape index (κ2) is 4.32. The number of aromatic amines is 1. The Morgan fingerprint density at radius 3 is 2.78 bits per heavy atom. The third-order valence-electron chi connectivity index (χ3n) is 2.36. The Morgan fingerprint density at radius 2 is 2.17 bits per heavy atom. The molecular weight excluding hydrogens is 247 g/mol. The smallest absolute Gasteiger partial charge is 0.352 e. The van der Waals surface area contributed by atoms with Crippen molar-refractivity contribution in [3.63, 3.8) is 0 Å². The Balaban J connectivity index is 2.56. The molecule has 0 saturated heterocycles. The number of hydrogen-bond donors (Lipinski definition) is 2. The van der Waals surface area contributed by atoms with Gasteiger partial charge in [0.15, 0.2) is 0 Å². The molecule has 2 aromatic rings. The second-order valence-corrected chi connectivity index (χ2v) is 3.64. The van der Waals surface area contributed by atoms with Crippen LogP contribution in [0.15, 0.2) is 18.2 Å². The van der Waals surface area contributed by atoms with E-state index < -0.39 is 17.9 Å². The predicted octanol–water partition coefficient (Wildman–Crippen LogP) is 2.33. The lowest BCUT2D eigenvalue weighted by molar-refractivity contribution is -0.144. The quantitative estimate of drug-likeness (QED) is 0.867. The minimum Gasteiger partial charge on any atom is -0.352 e. The summed E-state index contributed by atoms with van der Waals surface area (Å²) in [5, 5.41) is 2.53. The number of nitrogens with zero attached hydrogens (tertiary/aromatic N) is 1. The number of imidazole rings is 1. The molecule has 1 amide bonds. The number of nitrogens with one attached hydrogen (secondary N) is 2. The summed E-state index contributed by atoms with van der Waals surface area (Å²) in [7, 11) is 0. The van der Waals surface area contributed by atoms with Crippen LogP contribution in [0.4, 0.5) is 13.2 Å². The van der Waals surface area contributed by atoms with Crippen molar-refractivity contribution in [2.75, 3.05) is 6.54 Å². The molecule has 4 nitrogen and oxygen atoms in total. The highest BCUT2D eigenvalue weighted by molar-refractivity contribution is 6.04. The lowest BCUT2D eigenvalue weighted by Crippen LogP contribution is -2.22. The van der Waals surface area contributed by atoms with Crippen molar-refractivity contribution in [1.82, 2.24) is 15.3 Å². The van der Waals surface area contributed by atoms with Crippen molar-refractivity contribution in [3.8, 4) is 0 Å². The van der Waals surface area contributed by atoms with Crippen LogP contribution >= 0.6 is 0 Å². The zero-order valence-electron chi connectivity index (χ0n) is 9.43. The maximum atomic E-state index is 12.5. The van der Waals surface area contributed by atoms with Crippen LogP contribution in [0.2, 0.25) is 0 Å². The van der Waals surface area contributed by atoms with Crippen LogP contribution in [0, 0.1) is 0 Å². The van der Waals surface area contributed by atoms with Crippen LogP contribution in [0.1, 0.15) is 23.1 Å². The van der Waals surface area contributed by atoms with Crippen LogP contribution in [-0.4, -0.2) is 22.4 Å². The molecule has 1 aromatic heterocycles. The molecule has 1 aromatic carbocycles. The van der Waals surface area contributed by atoms with Gasteiger partial charge < -0.3 is 10.3 Å². The number of amides is 1. The van der Waals surface area contributed by atoms with Gasteiger partial charge in [0, 0.05) is 6.54 Å². The number of alkyl halides is 3. The summed E-state index contributed by atoms with van der Waals surface area (Å²) in [6, 6.07) is 4.39. The van der Waals surface area contributed by atoms with Gasteiger partial charge in [0.2, 0.25) is 5.82 Å². The summed E-state index contributed by atoms with van der Waals surface area (Å²) < 4.78 is 37.5. The highest BCUT2D eigenvalue weighted by atomic mass is 19.4. The van der Waals surface area contributed by atoms with Crippen LogP contribution in [0.25, 0.3) is 11.0 Å². The molecule has 7 heteroatoms. The minimum absolute atomic E-state index is 0.0239. The molecule has 2 N–H and O–H groups in total. The molecule has 0 aliphatic rings. The highest BCUT2D eigenvalue weighted by Crippen LogP contribution is 2.29. The summed E-state index contributed by atoms with van der Waals surface area (Å²) in [5.74, 6) is -1.54. The lowest BCUT2D eigenvalue weighted by Gasteiger charge is -2.02. The van der Waals surface area contributed by atoms with E-state index in [1.165, 1.54) is 18.2 Å². The van der Waals surface area contributed by atoms with Gasteiger partial charge >= 0.3 is 6.18 Å². The first-order valence-corrected chi connectivity index (χ1v) is 5.27. The number of para-hydroxylation sites is 1. The van der Waals surface area contributed by atoms with E-state index in [2.05, 4.69) is 15.3 Å². The van der Waals surface area contributed by atoms with Gasteiger partial charge in [-0.15, -0.1) is 0 Å². The average Bonchev–Trinajstić information content (AvgIpc) is 2.72. The van der Waals surface area contributed by atoms with E-state index in [4.69, 9.17) is 0 Å². The number of aromatic nitrogens is 2. The molecule has 0 aliphatic heterocycles. The van der Waals surface area contributed by atoms with Crippen LogP contribution in [0.5, 0.6) is 0 Å². The number of benzene rings is 1. The molecule has 0 aliphatic carbocycles. The van der Waals surface area contributed by atoms with Gasteiger partial charge in [-0.05, 0) is 19.1 Å². The fourth-order valence-electron chi connectivity index (χ4n) is 1.61. The summed E-state index contributed by atoms with van der Waals surface area (Å²) in [5.41, 5.74) is 0.336. The van der Waals surface area contributed by atoms with Crippen molar-refractivity contribution in [2.45, 2.75) is 13.1 Å². The van der Waals surface area contributed by atoms with E-state index in [-0.39, 0.29) is 16.6 Å². The predicted molar refractivity (Wildman–Crippen MR) is 59.1 cm³/mol. The zero-order chi connectivity index (χ0) is 13.3. The van der Waals surface area contributed by atoms with Crippen molar-refractivity contribution in [2.24, 2.45) is 0 Å². The van der Waals surface area contributed by atoms with Crippen molar-refractivity contribution in [1.29, 1.82) is 0 Å². The van der Waals surface area contributed by atoms with E-state index in [0.717, 1.165) is 0 Å². The largest absolute Gasteiger partial charge is 0.449 e. The first-order valence-electron chi connectivity index (χ1n) is 5.27. The van der Waals surface area contributed by atoms with Crippen LogP contribution in [-0.2, 0) is 6.18 Å². The number of carbonyl (C=O) groups is 1. The van der Waals surface area contributed by atoms with E-state index in [0.29, 0.717) is 6.54 Å². The van der Waals surface area contributed by atoms with Gasteiger partial charge in [-0.2, -0.15) is 13.2 Å². The van der Waals surface area contributed by atoms with E-state index in [1.807, 2.05) is 0 Å². The average molecular weight is 257 g/mol. The molecule has 0 spiro atoms. The Bertz CT molecular complexity index is 589. The Labute approximate surface area is 100 Å². The lowest BCUT2D eigenvalue weighted by atomic mass is 10.1. The highest BCUT2D eigenvalue weighted by Gasteiger charge is 2.35. The Hall–Kier alpha value is -2.05. The van der Waals surface area contributed by atoms with Gasteiger partial charge in [-0.1, -0.05) is 6.07 Å². The Morgan fingerprint density at radius 1 is 1.44 bits per heavy atom. The number of rotatable bonds is 2. The fourth-order valence-corrected chi connectivity index (χ4v) is 1.61. The summed E-state index contributed by atoms with van der Waals surface area (Å²) in [6.45, 7) is 2.12. The second-order valence-electron chi connectivity index (χ2n) is 3.64. The number of H-pyrrole nitrogens is 1. The first-order chi connectivity index (χ1) is 8.43.